The van der Waals surface area contributed by atoms with Gasteiger partial charge in [-0.3, -0.25) is 4.79 Å². The van der Waals surface area contributed by atoms with Gasteiger partial charge in [-0.05, 0) is 48.9 Å². The van der Waals surface area contributed by atoms with Crippen LogP contribution in [0.25, 0.3) is 28.5 Å². The van der Waals surface area contributed by atoms with Gasteiger partial charge in [-0.25, -0.2) is 14.0 Å². The average Bonchev–Trinajstić information content (AvgIpc) is 3.48. The summed E-state index contributed by atoms with van der Waals surface area (Å²) in [6, 6.07) is 20.9. The second-order valence-electron chi connectivity index (χ2n) is 6.86. The number of hydrogen-bond acceptors (Lipinski definition) is 4. The summed E-state index contributed by atoms with van der Waals surface area (Å²) in [7, 11) is 0. The van der Waals surface area contributed by atoms with E-state index in [0.717, 1.165) is 22.6 Å². The molecule has 0 atom stereocenters. The Morgan fingerprint density at radius 1 is 0.767 bits per heavy atom. The predicted molar refractivity (Wildman–Crippen MR) is 114 cm³/mol. The van der Waals surface area contributed by atoms with E-state index in [4.69, 9.17) is 0 Å². The van der Waals surface area contributed by atoms with Crippen LogP contribution in [0.15, 0.2) is 96.3 Å². The van der Waals surface area contributed by atoms with Crippen LogP contribution in [-0.4, -0.2) is 29.3 Å². The van der Waals surface area contributed by atoms with Crippen molar-refractivity contribution in [1.29, 1.82) is 0 Å². The smallest absolute Gasteiger partial charge is 0.209 e. The van der Waals surface area contributed by atoms with Gasteiger partial charge in [-0.15, -0.1) is 0 Å². The van der Waals surface area contributed by atoms with Gasteiger partial charge in [0.05, 0.1) is 29.0 Å². The minimum atomic E-state index is -0.162. The Balaban J connectivity index is 1.64. The molecule has 3 aromatic heterocycles. The molecule has 0 aliphatic carbocycles. The van der Waals surface area contributed by atoms with Crippen LogP contribution in [0.3, 0.4) is 0 Å². The van der Waals surface area contributed by atoms with Crippen molar-refractivity contribution in [1.82, 2.24) is 29.3 Å². The second kappa shape index (κ2) is 7.29. The van der Waals surface area contributed by atoms with Gasteiger partial charge in [0.2, 0.25) is 5.43 Å². The zero-order chi connectivity index (χ0) is 20.5. The van der Waals surface area contributed by atoms with Gasteiger partial charge in [0.25, 0.3) is 0 Å². The largest absolute Gasteiger partial charge is 0.287 e. The summed E-state index contributed by atoms with van der Waals surface area (Å²) < 4.78 is 5.24. The molecular weight excluding hydrogens is 376 g/mol. The van der Waals surface area contributed by atoms with Crippen molar-refractivity contribution in [2.24, 2.45) is 0 Å². The molecule has 7 nitrogen and oxygen atoms in total. The van der Waals surface area contributed by atoms with Crippen LogP contribution in [0.5, 0.6) is 0 Å². The highest BCUT2D eigenvalue weighted by molar-refractivity contribution is 5.57. The molecule has 2 aromatic carbocycles. The molecule has 5 aromatic rings. The van der Waals surface area contributed by atoms with Crippen LogP contribution in [0.4, 0.5) is 0 Å². The van der Waals surface area contributed by atoms with Gasteiger partial charge >= 0.3 is 0 Å². The van der Waals surface area contributed by atoms with E-state index < -0.39 is 0 Å². The summed E-state index contributed by atoms with van der Waals surface area (Å²) in [5.74, 6) is 0. The van der Waals surface area contributed by atoms with Gasteiger partial charge in [-0.2, -0.15) is 15.3 Å². The maximum atomic E-state index is 12.7. The lowest BCUT2D eigenvalue weighted by Crippen LogP contribution is -2.15. The fourth-order valence-electron chi connectivity index (χ4n) is 3.39. The van der Waals surface area contributed by atoms with Crippen molar-refractivity contribution in [3.8, 4) is 28.5 Å². The van der Waals surface area contributed by atoms with Crippen molar-refractivity contribution in [3.63, 3.8) is 0 Å². The molecule has 0 spiro atoms. The topological polar surface area (TPSA) is 70.5 Å². The molecule has 7 heteroatoms. The third-order valence-electron chi connectivity index (χ3n) is 4.90. The first-order chi connectivity index (χ1) is 14.7. The number of benzene rings is 2. The van der Waals surface area contributed by atoms with E-state index in [1.165, 1.54) is 6.07 Å². The Hall–Kier alpha value is -4.26. The Labute approximate surface area is 172 Å². The maximum Gasteiger partial charge on any atom is 0.209 e. The molecule has 0 radical (unpaired) electrons. The normalized spacial score (nSPS) is 11.0. The molecule has 0 fully saturated rings. The number of aromatic nitrogens is 6. The second-order valence-corrected chi connectivity index (χ2v) is 6.86. The van der Waals surface area contributed by atoms with Gasteiger partial charge in [0.1, 0.15) is 0 Å². The zero-order valence-electron chi connectivity index (χ0n) is 16.3. The monoisotopic (exact) mass is 394 g/mol. The fourth-order valence-corrected chi connectivity index (χ4v) is 3.39. The Morgan fingerprint density at radius 2 is 1.63 bits per heavy atom. The molecule has 146 valence electrons. The molecule has 0 bridgehead atoms. The standard InChI is InChI=1S/C23H18N6O/c1-17-8-9-19(27-14-5-12-24-27)16-21(17)28-15-11-22(30)23(26-28)20-10-13-25-29(20)18-6-3-2-4-7-18/h2-16H,1H3. The third-order valence-corrected chi connectivity index (χ3v) is 4.90. The summed E-state index contributed by atoms with van der Waals surface area (Å²) >= 11 is 0. The average molecular weight is 394 g/mol. The van der Waals surface area contributed by atoms with Crippen LogP contribution in [-0.2, 0) is 0 Å². The molecule has 0 aliphatic heterocycles. The maximum absolute atomic E-state index is 12.7. The van der Waals surface area contributed by atoms with Crippen molar-refractivity contribution in [2.45, 2.75) is 6.92 Å². The lowest BCUT2D eigenvalue weighted by atomic mass is 10.2. The molecule has 0 saturated carbocycles. The minimum Gasteiger partial charge on any atom is -0.287 e. The quantitative estimate of drug-likeness (QED) is 0.467. The third kappa shape index (κ3) is 3.12. The minimum absolute atomic E-state index is 0.162. The summed E-state index contributed by atoms with van der Waals surface area (Å²) in [5, 5.41) is 13.4. The summed E-state index contributed by atoms with van der Waals surface area (Å²) in [4.78, 5) is 12.7. The van der Waals surface area contributed by atoms with Crippen LogP contribution in [0, 0.1) is 6.92 Å². The van der Waals surface area contributed by atoms with Crippen molar-refractivity contribution in [3.05, 3.63) is 107 Å². The van der Waals surface area contributed by atoms with Crippen molar-refractivity contribution < 1.29 is 0 Å². The summed E-state index contributed by atoms with van der Waals surface area (Å²) in [6.45, 7) is 2.01. The molecule has 0 unspecified atom stereocenters. The Morgan fingerprint density at radius 3 is 2.43 bits per heavy atom. The van der Waals surface area contributed by atoms with Gasteiger partial charge in [0, 0.05) is 24.7 Å². The molecule has 0 saturated heterocycles. The highest BCUT2D eigenvalue weighted by atomic mass is 16.1. The van der Waals surface area contributed by atoms with Crippen LogP contribution < -0.4 is 5.43 Å². The molecule has 0 aliphatic rings. The summed E-state index contributed by atoms with van der Waals surface area (Å²) in [6.07, 6.45) is 6.98. The first kappa shape index (κ1) is 17.8. The van der Waals surface area contributed by atoms with Crippen LogP contribution >= 0.6 is 0 Å². The molecular formula is C23H18N6O. The Bertz CT molecular complexity index is 1370. The van der Waals surface area contributed by atoms with E-state index in [1.54, 1.807) is 38.7 Å². The lowest BCUT2D eigenvalue weighted by Gasteiger charge is -2.13. The van der Waals surface area contributed by atoms with E-state index in [1.807, 2.05) is 67.7 Å². The number of aryl methyl sites for hydroxylation is 1. The first-order valence-electron chi connectivity index (χ1n) is 9.51. The fraction of sp³-hybridized carbons (Fsp3) is 0.0435. The molecule has 0 amide bonds. The SMILES string of the molecule is Cc1ccc(-n2cccn2)cc1-n1ccc(=O)c(-c2ccnn2-c2ccccc2)n1. The number of hydrogen-bond donors (Lipinski definition) is 0. The van der Waals surface area contributed by atoms with Crippen LogP contribution in [0.2, 0.25) is 0 Å². The van der Waals surface area contributed by atoms with E-state index in [2.05, 4.69) is 15.3 Å². The van der Waals surface area contributed by atoms with E-state index in [-0.39, 0.29) is 5.43 Å². The van der Waals surface area contributed by atoms with E-state index in [9.17, 15) is 4.79 Å². The summed E-state index contributed by atoms with van der Waals surface area (Å²) in [5.41, 5.74) is 4.50. The first-order valence-corrected chi connectivity index (χ1v) is 9.51. The number of nitrogens with zero attached hydrogens (tertiary/aromatic N) is 6. The molecule has 5 rings (SSSR count). The Kier molecular flexibility index (Phi) is 4.33. The highest BCUT2D eigenvalue weighted by Gasteiger charge is 2.14. The van der Waals surface area contributed by atoms with Gasteiger partial charge in [-0.1, -0.05) is 24.3 Å². The van der Waals surface area contributed by atoms with Crippen molar-refractivity contribution >= 4 is 0 Å². The van der Waals surface area contributed by atoms with Crippen LogP contribution in [0.1, 0.15) is 5.56 Å². The zero-order valence-corrected chi connectivity index (χ0v) is 16.3. The number of rotatable bonds is 4. The van der Waals surface area contributed by atoms with E-state index in [0.29, 0.717) is 11.4 Å². The van der Waals surface area contributed by atoms with Crippen molar-refractivity contribution in [2.75, 3.05) is 0 Å². The lowest BCUT2D eigenvalue weighted by molar-refractivity contribution is 0.812. The highest BCUT2D eigenvalue weighted by Crippen LogP contribution is 2.21. The molecule has 3 heterocycles. The molecule has 0 N–H and O–H groups in total. The van der Waals surface area contributed by atoms with E-state index >= 15 is 0 Å². The predicted octanol–water partition coefficient (Wildman–Crippen LogP) is 3.58. The van der Waals surface area contributed by atoms with Gasteiger partial charge in [0.15, 0.2) is 5.69 Å². The number of para-hydroxylation sites is 1. The van der Waals surface area contributed by atoms with Gasteiger partial charge < -0.3 is 0 Å². The molecule has 30 heavy (non-hydrogen) atoms.